The molecule has 0 amide bonds. The maximum Gasteiger partial charge on any atom is 0.184 e. The van der Waals surface area contributed by atoms with Gasteiger partial charge in [-0.15, -0.1) is 0 Å². The zero-order valence-corrected chi connectivity index (χ0v) is 10.7. The van der Waals surface area contributed by atoms with E-state index in [4.69, 9.17) is 10.00 Å². The van der Waals surface area contributed by atoms with Crippen LogP contribution in [0.2, 0.25) is 0 Å². The van der Waals surface area contributed by atoms with Gasteiger partial charge in [-0.05, 0) is 52.2 Å². The first-order valence-electron chi connectivity index (χ1n) is 4.87. The van der Waals surface area contributed by atoms with Crippen LogP contribution in [0.3, 0.4) is 0 Å². The number of allylic oxidation sites excluding steroid dienone is 1. The first kappa shape index (κ1) is 11.0. The Balaban J connectivity index is 2.51. The molecular formula is C12H11BrN2O. The van der Waals surface area contributed by atoms with Gasteiger partial charge in [0.05, 0.1) is 18.1 Å². The minimum absolute atomic E-state index is 0.609. The number of hydrogen-bond donors (Lipinski definition) is 0. The van der Waals surface area contributed by atoms with Gasteiger partial charge in [0, 0.05) is 5.70 Å². The lowest BCUT2D eigenvalue weighted by atomic mass is 10.0. The van der Waals surface area contributed by atoms with E-state index in [-0.39, 0.29) is 0 Å². The number of nitriles is 1. The van der Waals surface area contributed by atoms with E-state index >= 15 is 0 Å². The Morgan fingerprint density at radius 1 is 1.50 bits per heavy atom. The first-order chi connectivity index (χ1) is 7.65. The molecule has 0 saturated carbocycles. The number of hydrogen-bond acceptors (Lipinski definition) is 3. The average Bonchev–Trinajstić information content (AvgIpc) is 2.27. The van der Waals surface area contributed by atoms with E-state index in [1.165, 1.54) is 0 Å². The summed E-state index contributed by atoms with van der Waals surface area (Å²) in [6.07, 6.45) is 4.17. The standard InChI is InChI=1S/C12H11BrN2O/c1-8-3-9-4-11(13)12(16-2)5-10(9)6-15(8)7-14/h3-5H,6H2,1-2H3. The van der Waals surface area contributed by atoms with Crippen molar-refractivity contribution in [1.82, 2.24) is 4.90 Å². The highest BCUT2D eigenvalue weighted by Crippen LogP contribution is 2.33. The largest absolute Gasteiger partial charge is 0.496 e. The van der Waals surface area contributed by atoms with Crippen molar-refractivity contribution in [2.45, 2.75) is 13.5 Å². The molecule has 0 radical (unpaired) electrons. The van der Waals surface area contributed by atoms with Crippen LogP contribution in [0.15, 0.2) is 22.3 Å². The zero-order chi connectivity index (χ0) is 11.7. The van der Waals surface area contributed by atoms with E-state index in [9.17, 15) is 0 Å². The van der Waals surface area contributed by atoms with Gasteiger partial charge in [-0.2, -0.15) is 5.26 Å². The zero-order valence-electron chi connectivity index (χ0n) is 9.12. The normalized spacial score (nSPS) is 13.9. The molecule has 16 heavy (non-hydrogen) atoms. The number of benzene rings is 1. The van der Waals surface area contributed by atoms with Crippen molar-refractivity contribution in [3.63, 3.8) is 0 Å². The highest BCUT2D eigenvalue weighted by molar-refractivity contribution is 9.10. The molecule has 1 aliphatic rings. The summed E-state index contributed by atoms with van der Waals surface area (Å²) in [5.41, 5.74) is 3.20. The maximum atomic E-state index is 8.96. The minimum atomic E-state index is 0.609. The fourth-order valence-corrected chi connectivity index (χ4v) is 2.27. The topological polar surface area (TPSA) is 36.3 Å². The Labute approximate surface area is 103 Å². The van der Waals surface area contributed by atoms with Crippen molar-refractivity contribution in [2.24, 2.45) is 0 Å². The molecule has 1 heterocycles. The lowest BCUT2D eigenvalue weighted by molar-refractivity contribution is 0.409. The Morgan fingerprint density at radius 2 is 2.25 bits per heavy atom. The van der Waals surface area contributed by atoms with E-state index in [2.05, 4.69) is 22.1 Å². The van der Waals surface area contributed by atoms with Gasteiger partial charge in [0.15, 0.2) is 6.19 Å². The molecule has 1 aromatic rings. The molecule has 0 bridgehead atoms. The Morgan fingerprint density at radius 3 is 2.88 bits per heavy atom. The molecule has 1 aromatic carbocycles. The van der Waals surface area contributed by atoms with Crippen LogP contribution in [-0.4, -0.2) is 12.0 Å². The highest BCUT2D eigenvalue weighted by atomic mass is 79.9. The molecule has 0 unspecified atom stereocenters. The summed E-state index contributed by atoms with van der Waals surface area (Å²) in [5, 5.41) is 8.96. The Kier molecular flexibility index (Phi) is 2.88. The lowest BCUT2D eigenvalue weighted by Crippen LogP contribution is -2.19. The molecular weight excluding hydrogens is 268 g/mol. The van der Waals surface area contributed by atoms with Crippen molar-refractivity contribution in [3.05, 3.63) is 33.4 Å². The van der Waals surface area contributed by atoms with Crippen LogP contribution in [0.1, 0.15) is 18.1 Å². The minimum Gasteiger partial charge on any atom is -0.496 e. The molecule has 0 aromatic heterocycles. The van der Waals surface area contributed by atoms with Gasteiger partial charge in [0.25, 0.3) is 0 Å². The van der Waals surface area contributed by atoms with Gasteiger partial charge in [-0.1, -0.05) is 0 Å². The van der Waals surface area contributed by atoms with Crippen LogP contribution < -0.4 is 4.74 Å². The van der Waals surface area contributed by atoms with Crippen LogP contribution in [0, 0.1) is 11.5 Å². The molecule has 82 valence electrons. The molecule has 0 saturated heterocycles. The van der Waals surface area contributed by atoms with Crippen LogP contribution in [-0.2, 0) is 6.54 Å². The smallest absolute Gasteiger partial charge is 0.184 e. The molecule has 2 rings (SSSR count). The number of methoxy groups -OCH3 is 1. The number of ether oxygens (including phenoxy) is 1. The van der Waals surface area contributed by atoms with Gasteiger partial charge < -0.3 is 4.74 Å². The summed E-state index contributed by atoms with van der Waals surface area (Å²) < 4.78 is 6.17. The third-order valence-electron chi connectivity index (χ3n) is 2.65. The third kappa shape index (κ3) is 1.79. The van der Waals surface area contributed by atoms with Crippen LogP contribution in [0.25, 0.3) is 6.08 Å². The van der Waals surface area contributed by atoms with Gasteiger partial charge in [0.2, 0.25) is 0 Å². The first-order valence-corrected chi connectivity index (χ1v) is 5.67. The summed E-state index contributed by atoms with van der Waals surface area (Å²) in [5.74, 6) is 0.796. The Hall–Kier alpha value is -1.47. The van der Waals surface area contributed by atoms with E-state index in [1.807, 2.05) is 25.1 Å². The van der Waals surface area contributed by atoms with Gasteiger partial charge >= 0.3 is 0 Å². The van der Waals surface area contributed by atoms with Gasteiger partial charge in [0.1, 0.15) is 5.75 Å². The SMILES string of the molecule is COc1cc2c(cc1Br)C=C(C)N(C#N)C2. The average molecular weight is 279 g/mol. The van der Waals surface area contributed by atoms with Gasteiger partial charge in [-0.3, -0.25) is 4.90 Å². The Bertz CT molecular complexity index is 502. The van der Waals surface area contributed by atoms with Crippen molar-refractivity contribution in [3.8, 4) is 11.9 Å². The number of rotatable bonds is 1. The summed E-state index contributed by atoms with van der Waals surface area (Å²) in [6, 6.07) is 3.99. The number of fused-ring (bicyclic) bond motifs is 1. The fourth-order valence-electron chi connectivity index (χ4n) is 1.75. The lowest BCUT2D eigenvalue weighted by Gasteiger charge is -2.23. The van der Waals surface area contributed by atoms with E-state index in [0.29, 0.717) is 6.54 Å². The van der Waals surface area contributed by atoms with Crippen LogP contribution in [0.5, 0.6) is 5.75 Å². The number of nitrogens with zero attached hydrogens (tertiary/aromatic N) is 2. The molecule has 0 atom stereocenters. The van der Waals surface area contributed by atoms with E-state index in [1.54, 1.807) is 12.0 Å². The van der Waals surface area contributed by atoms with Crippen LogP contribution in [0.4, 0.5) is 0 Å². The quantitative estimate of drug-likeness (QED) is 0.741. The number of halogens is 1. The van der Waals surface area contributed by atoms with Gasteiger partial charge in [-0.25, -0.2) is 0 Å². The molecule has 0 fully saturated rings. The highest BCUT2D eigenvalue weighted by Gasteiger charge is 2.16. The maximum absolute atomic E-state index is 8.96. The summed E-state index contributed by atoms with van der Waals surface area (Å²) in [7, 11) is 1.64. The fraction of sp³-hybridized carbons (Fsp3) is 0.250. The molecule has 1 aliphatic heterocycles. The second kappa shape index (κ2) is 4.18. The monoisotopic (exact) mass is 278 g/mol. The molecule has 0 aliphatic carbocycles. The summed E-state index contributed by atoms with van der Waals surface area (Å²) in [4.78, 5) is 1.66. The predicted molar refractivity (Wildman–Crippen MR) is 65.5 cm³/mol. The van der Waals surface area contributed by atoms with Crippen molar-refractivity contribution in [2.75, 3.05) is 7.11 Å². The van der Waals surface area contributed by atoms with Crippen LogP contribution >= 0.6 is 15.9 Å². The van der Waals surface area contributed by atoms with Crippen molar-refractivity contribution >= 4 is 22.0 Å². The van der Waals surface area contributed by atoms with Crippen molar-refractivity contribution < 1.29 is 4.74 Å². The molecule has 0 spiro atoms. The second-order valence-corrected chi connectivity index (χ2v) is 4.51. The van der Waals surface area contributed by atoms with E-state index in [0.717, 1.165) is 27.0 Å². The summed E-state index contributed by atoms with van der Waals surface area (Å²) >= 11 is 3.45. The van der Waals surface area contributed by atoms with E-state index < -0.39 is 0 Å². The molecule has 4 heteroatoms. The second-order valence-electron chi connectivity index (χ2n) is 3.66. The summed E-state index contributed by atoms with van der Waals surface area (Å²) in [6.45, 7) is 2.54. The third-order valence-corrected chi connectivity index (χ3v) is 3.27. The molecule has 3 nitrogen and oxygen atoms in total. The molecule has 0 N–H and O–H groups in total. The van der Waals surface area contributed by atoms with Crippen molar-refractivity contribution in [1.29, 1.82) is 5.26 Å². The predicted octanol–water partition coefficient (Wildman–Crippen LogP) is 3.12.